The number of aromatic nitrogens is 2. The third-order valence-corrected chi connectivity index (χ3v) is 7.04. The summed E-state index contributed by atoms with van der Waals surface area (Å²) in [5, 5.41) is 12.8. The molecule has 0 aromatic carbocycles. The van der Waals surface area contributed by atoms with Gasteiger partial charge in [0.2, 0.25) is 0 Å². The number of nitrogens with zero attached hydrogens (tertiary/aromatic N) is 2. The summed E-state index contributed by atoms with van der Waals surface area (Å²) in [5.41, 5.74) is 3.81. The molecule has 2 aliphatic carbocycles. The Morgan fingerprint density at radius 2 is 1.88 bits per heavy atom. The van der Waals surface area contributed by atoms with Crippen molar-refractivity contribution in [1.82, 2.24) is 15.3 Å². The number of alkyl halides is 3. The second-order valence-corrected chi connectivity index (χ2v) is 10.4. The molecule has 0 fully saturated rings. The lowest BCUT2D eigenvalue weighted by molar-refractivity contribution is -0.142. The van der Waals surface area contributed by atoms with E-state index in [0.717, 1.165) is 42.0 Å². The molecule has 6 nitrogen and oxygen atoms in total. The van der Waals surface area contributed by atoms with Gasteiger partial charge in [-0.15, -0.1) is 0 Å². The zero-order valence-electron chi connectivity index (χ0n) is 23.8. The molecule has 0 aliphatic heterocycles. The predicted octanol–water partition coefficient (Wildman–Crippen LogP) is 7.43. The number of hydrogen-bond acceptors (Lipinski definition) is 5. The van der Waals surface area contributed by atoms with E-state index in [4.69, 9.17) is 4.74 Å². The van der Waals surface area contributed by atoms with Gasteiger partial charge in [-0.3, -0.25) is 4.79 Å². The number of carbonyl (C=O) groups is 1. The van der Waals surface area contributed by atoms with Crippen molar-refractivity contribution in [1.29, 1.82) is 0 Å². The largest absolute Gasteiger partial charge is 0.495 e. The standard InChI is InChI=1S/C31H40F3N3O3/c1-5-9-21(30(38)39)14-15-35-17-23-10-7-8-11-26(25(23)6-2)24-18-36-29(37-19-24)22-12-13-28(40-20(3)4)27(16-22)31(32,33)34/h7-8,11,16,18-21,35H,5-6,9-10,12-15,17H2,1-4H3,(H,38,39). The first-order valence-corrected chi connectivity index (χ1v) is 14.1. The molecule has 40 heavy (non-hydrogen) atoms. The van der Waals surface area contributed by atoms with Gasteiger partial charge in [-0.25, -0.2) is 9.97 Å². The quantitative estimate of drug-likeness (QED) is 0.245. The predicted molar refractivity (Wildman–Crippen MR) is 151 cm³/mol. The minimum atomic E-state index is -4.52. The van der Waals surface area contributed by atoms with Crippen LogP contribution in [0.3, 0.4) is 0 Å². The normalized spacial score (nSPS) is 17.1. The molecule has 1 unspecified atom stereocenters. The smallest absolute Gasteiger partial charge is 0.419 e. The number of carboxylic acid groups (broad SMARTS) is 1. The molecule has 3 rings (SSSR count). The fourth-order valence-corrected chi connectivity index (χ4v) is 5.10. The fraction of sp³-hybridized carbons (Fsp3) is 0.516. The van der Waals surface area contributed by atoms with Gasteiger partial charge in [0.05, 0.1) is 17.6 Å². The fourth-order valence-electron chi connectivity index (χ4n) is 5.10. The molecule has 0 spiro atoms. The molecule has 1 heterocycles. The molecule has 9 heteroatoms. The first-order chi connectivity index (χ1) is 19.0. The first kappa shape index (κ1) is 31.3. The van der Waals surface area contributed by atoms with Crippen molar-refractivity contribution in [2.75, 3.05) is 13.1 Å². The van der Waals surface area contributed by atoms with E-state index in [0.29, 0.717) is 37.9 Å². The molecule has 1 atom stereocenters. The Bertz CT molecular complexity index is 1190. The van der Waals surface area contributed by atoms with Crippen molar-refractivity contribution in [2.24, 2.45) is 5.92 Å². The topological polar surface area (TPSA) is 84.3 Å². The lowest BCUT2D eigenvalue weighted by Gasteiger charge is -2.23. The van der Waals surface area contributed by atoms with Crippen LogP contribution in [0.2, 0.25) is 0 Å². The second kappa shape index (κ2) is 14.4. The van der Waals surface area contributed by atoms with Crippen LogP contribution in [-0.2, 0) is 9.53 Å². The van der Waals surface area contributed by atoms with Gasteiger partial charge in [0, 0.05) is 30.9 Å². The van der Waals surface area contributed by atoms with Gasteiger partial charge in [-0.05, 0) is 80.9 Å². The van der Waals surface area contributed by atoms with Crippen LogP contribution in [0.15, 0.2) is 59.2 Å². The molecule has 0 bridgehead atoms. The Morgan fingerprint density at radius 3 is 2.48 bits per heavy atom. The Morgan fingerprint density at radius 1 is 1.15 bits per heavy atom. The summed E-state index contributed by atoms with van der Waals surface area (Å²) in [5.74, 6) is -0.848. The Kier molecular flexibility index (Phi) is 11.3. The number of allylic oxidation sites excluding steroid dienone is 9. The zero-order chi connectivity index (χ0) is 29.3. The van der Waals surface area contributed by atoms with Crippen LogP contribution < -0.4 is 5.32 Å². The maximum Gasteiger partial charge on any atom is 0.419 e. The third kappa shape index (κ3) is 8.40. The van der Waals surface area contributed by atoms with E-state index in [1.807, 2.05) is 19.1 Å². The van der Waals surface area contributed by atoms with E-state index in [1.54, 1.807) is 26.2 Å². The molecule has 2 aliphatic rings. The van der Waals surface area contributed by atoms with Gasteiger partial charge in [0.15, 0.2) is 5.82 Å². The average molecular weight is 560 g/mol. The minimum absolute atomic E-state index is 0.0408. The molecular weight excluding hydrogens is 519 g/mol. The molecular formula is C31H40F3N3O3. The summed E-state index contributed by atoms with van der Waals surface area (Å²) in [6.45, 7) is 8.75. The Balaban J connectivity index is 1.79. The monoisotopic (exact) mass is 559 g/mol. The Labute approximate surface area is 234 Å². The highest BCUT2D eigenvalue weighted by Gasteiger charge is 2.38. The van der Waals surface area contributed by atoms with E-state index in [2.05, 4.69) is 28.3 Å². The summed E-state index contributed by atoms with van der Waals surface area (Å²) < 4.78 is 46.7. The molecule has 0 amide bonds. The van der Waals surface area contributed by atoms with Crippen LogP contribution in [0.25, 0.3) is 11.1 Å². The number of carboxylic acids is 1. The van der Waals surface area contributed by atoms with Crippen LogP contribution in [0.4, 0.5) is 13.2 Å². The third-order valence-electron chi connectivity index (χ3n) is 7.04. The molecule has 1 aromatic rings. The van der Waals surface area contributed by atoms with Crippen LogP contribution in [0, 0.1) is 5.92 Å². The van der Waals surface area contributed by atoms with Gasteiger partial charge in [-0.2, -0.15) is 13.2 Å². The lowest BCUT2D eigenvalue weighted by atomic mass is 9.92. The second-order valence-electron chi connectivity index (χ2n) is 10.4. The highest BCUT2D eigenvalue weighted by Crippen LogP contribution is 2.39. The zero-order valence-corrected chi connectivity index (χ0v) is 23.8. The van der Waals surface area contributed by atoms with Crippen LogP contribution in [0.5, 0.6) is 0 Å². The van der Waals surface area contributed by atoms with Gasteiger partial charge >= 0.3 is 12.1 Å². The lowest BCUT2D eigenvalue weighted by Crippen LogP contribution is -2.24. The molecule has 0 saturated carbocycles. The summed E-state index contributed by atoms with van der Waals surface area (Å²) in [4.78, 5) is 20.4. The van der Waals surface area contributed by atoms with Crippen molar-refractivity contribution < 1.29 is 27.8 Å². The van der Waals surface area contributed by atoms with Crippen molar-refractivity contribution in [3.05, 3.63) is 70.6 Å². The molecule has 0 saturated heterocycles. The van der Waals surface area contributed by atoms with Crippen molar-refractivity contribution in [3.63, 3.8) is 0 Å². The van der Waals surface area contributed by atoms with E-state index < -0.39 is 17.7 Å². The number of halogens is 3. The summed E-state index contributed by atoms with van der Waals surface area (Å²) in [7, 11) is 0. The number of aliphatic carboxylic acids is 1. The van der Waals surface area contributed by atoms with Crippen molar-refractivity contribution in [3.8, 4) is 0 Å². The highest BCUT2D eigenvalue weighted by molar-refractivity contribution is 5.81. The van der Waals surface area contributed by atoms with E-state index >= 15 is 0 Å². The Hall–Kier alpha value is -3.20. The van der Waals surface area contributed by atoms with Crippen LogP contribution in [-0.4, -0.2) is 46.4 Å². The van der Waals surface area contributed by atoms with Crippen molar-refractivity contribution >= 4 is 17.1 Å². The highest BCUT2D eigenvalue weighted by atomic mass is 19.4. The molecule has 218 valence electrons. The maximum atomic E-state index is 13.7. The maximum absolute atomic E-state index is 13.7. The number of nitrogens with one attached hydrogen (secondary N) is 1. The average Bonchev–Trinajstić information content (AvgIpc) is 3.11. The van der Waals surface area contributed by atoms with Gasteiger partial charge in [-0.1, -0.05) is 38.5 Å². The van der Waals surface area contributed by atoms with Gasteiger partial charge in [0.1, 0.15) is 5.76 Å². The van der Waals surface area contributed by atoms with Crippen molar-refractivity contribution in [2.45, 2.75) is 84.9 Å². The van der Waals surface area contributed by atoms with E-state index in [-0.39, 0.29) is 30.0 Å². The minimum Gasteiger partial charge on any atom is -0.495 e. The SMILES string of the molecule is CCCC(CCNCC1=C(CC)C(c2cnc(C3=CC(C(F)(F)F)=C(OC(C)C)CC3)nc2)=CC=CC1)C(=O)O. The number of ether oxygens (including phenoxy) is 1. The number of rotatable bonds is 13. The van der Waals surface area contributed by atoms with Crippen LogP contribution in [0.1, 0.15) is 84.0 Å². The number of hydrogen-bond donors (Lipinski definition) is 2. The first-order valence-electron chi connectivity index (χ1n) is 14.1. The molecule has 2 N–H and O–H groups in total. The van der Waals surface area contributed by atoms with Gasteiger partial charge in [0.25, 0.3) is 0 Å². The van der Waals surface area contributed by atoms with Crippen LogP contribution >= 0.6 is 0 Å². The molecule has 1 aromatic heterocycles. The van der Waals surface area contributed by atoms with Gasteiger partial charge < -0.3 is 15.2 Å². The van der Waals surface area contributed by atoms with E-state index in [9.17, 15) is 23.1 Å². The van der Waals surface area contributed by atoms with E-state index in [1.165, 1.54) is 5.57 Å². The molecule has 0 radical (unpaired) electrons. The summed E-state index contributed by atoms with van der Waals surface area (Å²) in [6, 6.07) is 0. The summed E-state index contributed by atoms with van der Waals surface area (Å²) >= 11 is 0. The summed E-state index contributed by atoms with van der Waals surface area (Å²) in [6.07, 6.45) is 9.84.